The van der Waals surface area contributed by atoms with E-state index in [-0.39, 0.29) is 25.7 Å². The summed E-state index contributed by atoms with van der Waals surface area (Å²) in [6.07, 6.45) is 52.7. The second kappa shape index (κ2) is 67.2. The van der Waals surface area contributed by atoms with Crippen molar-refractivity contribution in [1.82, 2.24) is 0 Å². The molecule has 6 atom stereocenters. The molecule has 0 aromatic carbocycles. The van der Waals surface area contributed by atoms with Crippen molar-refractivity contribution in [2.24, 2.45) is 23.7 Å². The molecule has 3 N–H and O–H groups in total. The number of unbranched alkanes of at least 4 members (excludes halogenated alkanes) is 40. The molecule has 0 aromatic heterocycles. The number of ether oxygens (including phenoxy) is 4. The van der Waals surface area contributed by atoms with Crippen molar-refractivity contribution in [3.63, 3.8) is 0 Å². The van der Waals surface area contributed by atoms with Gasteiger partial charge in [0, 0.05) is 25.7 Å². The molecule has 19 heteroatoms. The quantitative estimate of drug-likeness (QED) is 0.0222. The molecule has 97 heavy (non-hydrogen) atoms. The Morgan fingerprint density at radius 3 is 0.732 bits per heavy atom. The third-order valence-electron chi connectivity index (χ3n) is 18.4. The Labute approximate surface area is 594 Å². The van der Waals surface area contributed by atoms with Crippen molar-refractivity contribution in [2.75, 3.05) is 39.6 Å². The Bertz CT molecular complexity index is 1900. The van der Waals surface area contributed by atoms with E-state index in [1.54, 1.807) is 0 Å². The van der Waals surface area contributed by atoms with E-state index in [4.69, 9.17) is 37.0 Å². The van der Waals surface area contributed by atoms with Gasteiger partial charge >= 0.3 is 39.5 Å². The average molecular weight is 1420 g/mol. The maximum absolute atomic E-state index is 13.1. The summed E-state index contributed by atoms with van der Waals surface area (Å²) in [6.45, 7) is 14.2. The molecule has 576 valence electrons. The Balaban J connectivity index is 5.24. The standard InChI is InChI=1S/C78H152O17P2/c1-9-71(8)57-49-41-33-25-21-22-28-36-45-53-61-78(83)94-73(64-88-75(80)58-50-42-34-26-19-16-15-18-24-31-39-47-55-69(4)5)66-92-96(84,85)90-62-72(79)63-91-97(86,87)93-67-74(65-89-76(81)59-51-43-37-29-32-40-48-56-70(6)7)95-77(82)60-52-44-35-27-20-14-12-10-11-13-17-23-30-38-46-54-68(2)3/h68-74,79H,9-67H2,1-8H3,(H,84,85)(H,86,87)/t71?,72?,73-,74-/m1/s1. The van der Waals surface area contributed by atoms with Crippen LogP contribution in [0, 0.1) is 23.7 Å². The van der Waals surface area contributed by atoms with Gasteiger partial charge in [-0.2, -0.15) is 0 Å². The van der Waals surface area contributed by atoms with E-state index in [2.05, 4.69) is 55.4 Å². The van der Waals surface area contributed by atoms with E-state index < -0.39 is 97.5 Å². The molecular formula is C78H152O17P2. The maximum atomic E-state index is 13.1. The molecule has 0 aromatic rings. The summed E-state index contributed by atoms with van der Waals surface area (Å²) in [5, 5.41) is 10.6. The average Bonchev–Trinajstić information content (AvgIpc) is 1.14. The lowest BCUT2D eigenvalue weighted by Crippen LogP contribution is -2.30. The number of hydrogen-bond acceptors (Lipinski definition) is 15. The lowest BCUT2D eigenvalue weighted by atomic mass is 9.99. The minimum absolute atomic E-state index is 0.106. The Morgan fingerprint density at radius 2 is 0.495 bits per heavy atom. The second-order valence-electron chi connectivity index (χ2n) is 29.8. The molecule has 0 saturated carbocycles. The van der Waals surface area contributed by atoms with Crippen LogP contribution in [0.5, 0.6) is 0 Å². The van der Waals surface area contributed by atoms with Crippen LogP contribution >= 0.6 is 15.6 Å². The van der Waals surface area contributed by atoms with Gasteiger partial charge in [-0.1, -0.05) is 344 Å². The molecule has 0 fully saturated rings. The topological polar surface area (TPSA) is 237 Å². The van der Waals surface area contributed by atoms with Crippen LogP contribution in [0.1, 0.15) is 396 Å². The molecule has 0 radical (unpaired) electrons. The van der Waals surface area contributed by atoms with Crippen LogP contribution < -0.4 is 0 Å². The van der Waals surface area contributed by atoms with Crippen molar-refractivity contribution < 1.29 is 80.2 Å². The van der Waals surface area contributed by atoms with Crippen LogP contribution in [0.15, 0.2) is 0 Å². The zero-order chi connectivity index (χ0) is 71.7. The highest BCUT2D eigenvalue weighted by molar-refractivity contribution is 7.47. The van der Waals surface area contributed by atoms with Crippen molar-refractivity contribution in [2.45, 2.75) is 414 Å². The predicted octanol–water partition coefficient (Wildman–Crippen LogP) is 22.8. The molecule has 0 aliphatic rings. The normalized spacial score (nSPS) is 14.4. The van der Waals surface area contributed by atoms with Gasteiger partial charge in [0.2, 0.25) is 0 Å². The largest absolute Gasteiger partial charge is 0.472 e. The van der Waals surface area contributed by atoms with E-state index in [0.29, 0.717) is 31.6 Å². The highest BCUT2D eigenvalue weighted by Gasteiger charge is 2.30. The predicted molar refractivity (Wildman–Crippen MR) is 395 cm³/mol. The first kappa shape index (κ1) is 95.1. The number of phosphoric ester groups is 2. The SMILES string of the molecule is CCC(C)CCCCCCCCCCCCC(=O)O[C@H](COC(=O)CCCCCCCCCCCCCCC(C)C)COP(=O)(O)OCC(O)COP(=O)(O)OC[C@@H](COC(=O)CCCCCCCCCC(C)C)OC(=O)CCCCCCCCCCCCCCCCCC(C)C. The number of carbonyl (C=O) groups is 4. The van der Waals surface area contributed by atoms with E-state index in [0.717, 1.165) is 114 Å². The zero-order valence-electron chi connectivity index (χ0n) is 63.7. The number of aliphatic hydroxyl groups excluding tert-OH is 1. The van der Waals surface area contributed by atoms with Crippen LogP contribution in [0.2, 0.25) is 0 Å². The summed E-state index contributed by atoms with van der Waals surface area (Å²) in [6, 6.07) is 0. The number of phosphoric acid groups is 2. The van der Waals surface area contributed by atoms with Crippen LogP contribution in [0.4, 0.5) is 0 Å². The molecule has 0 aliphatic carbocycles. The van der Waals surface area contributed by atoms with Gasteiger partial charge in [0.25, 0.3) is 0 Å². The maximum Gasteiger partial charge on any atom is 0.472 e. The third-order valence-corrected chi connectivity index (χ3v) is 20.3. The van der Waals surface area contributed by atoms with Crippen LogP contribution in [0.25, 0.3) is 0 Å². The Hall–Kier alpha value is -1.94. The minimum atomic E-state index is -4.96. The molecule has 0 aliphatic heterocycles. The minimum Gasteiger partial charge on any atom is -0.462 e. The lowest BCUT2D eigenvalue weighted by Gasteiger charge is -2.21. The van der Waals surface area contributed by atoms with Gasteiger partial charge in [-0.25, -0.2) is 9.13 Å². The van der Waals surface area contributed by atoms with Crippen molar-refractivity contribution in [3.05, 3.63) is 0 Å². The third kappa shape index (κ3) is 70.9. The second-order valence-corrected chi connectivity index (χ2v) is 32.7. The number of esters is 4. The first-order valence-corrected chi connectivity index (χ1v) is 43.2. The molecule has 0 saturated heterocycles. The Morgan fingerprint density at radius 1 is 0.289 bits per heavy atom. The molecule has 0 spiro atoms. The van der Waals surface area contributed by atoms with Gasteiger partial charge in [0.05, 0.1) is 26.4 Å². The number of carbonyl (C=O) groups excluding carboxylic acids is 4. The van der Waals surface area contributed by atoms with E-state index >= 15 is 0 Å². The van der Waals surface area contributed by atoms with Gasteiger partial charge in [-0.05, 0) is 49.4 Å². The van der Waals surface area contributed by atoms with Crippen molar-refractivity contribution in [1.29, 1.82) is 0 Å². The number of aliphatic hydroxyl groups is 1. The zero-order valence-corrected chi connectivity index (χ0v) is 65.5. The monoisotopic (exact) mass is 1420 g/mol. The molecule has 0 rings (SSSR count). The van der Waals surface area contributed by atoms with Gasteiger partial charge in [-0.15, -0.1) is 0 Å². The molecule has 4 unspecified atom stereocenters. The van der Waals surface area contributed by atoms with Gasteiger partial charge < -0.3 is 33.8 Å². The Kier molecular flexibility index (Phi) is 65.9. The molecule has 0 amide bonds. The highest BCUT2D eigenvalue weighted by atomic mass is 31.2. The van der Waals surface area contributed by atoms with Crippen LogP contribution in [-0.2, 0) is 65.4 Å². The van der Waals surface area contributed by atoms with Gasteiger partial charge in [0.15, 0.2) is 12.2 Å². The fraction of sp³-hybridized carbons (Fsp3) is 0.949. The molecule has 0 bridgehead atoms. The van der Waals surface area contributed by atoms with Crippen LogP contribution in [0.3, 0.4) is 0 Å². The van der Waals surface area contributed by atoms with E-state index in [9.17, 15) is 43.2 Å². The summed E-state index contributed by atoms with van der Waals surface area (Å²) in [7, 11) is -9.92. The highest BCUT2D eigenvalue weighted by Crippen LogP contribution is 2.45. The molecule has 17 nitrogen and oxygen atoms in total. The van der Waals surface area contributed by atoms with E-state index in [1.807, 2.05) is 0 Å². The molecular weight excluding hydrogens is 1270 g/mol. The van der Waals surface area contributed by atoms with Crippen LogP contribution in [-0.4, -0.2) is 96.7 Å². The number of hydrogen-bond donors (Lipinski definition) is 3. The smallest absolute Gasteiger partial charge is 0.462 e. The van der Waals surface area contributed by atoms with E-state index in [1.165, 1.54) is 193 Å². The lowest BCUT2D eigenvalue weighted by molar-refractivity contribution is -0.161. The molecule has 0 heterocycles. The fourth-order valence-electron chi connectivity index (χ4n) is 11.9. The first-order chi connectivity index (χ1) is 46.6. The summed E-state index contributed by atoms with van der Waals surface area (Å²) in [5.74, 6) is 0.974. The first-order valence-electron chi connectivity index (χ1n) is 40.2. The number of rotatable bonds is 75. The summed E-state index contributed by atoms with van der Waals surface area (Å²) >= 11 is 0. The summed E-state index contributed by atoms with van der Waals surface area (Å²) in [5.41, 5.74) is 0. The van der Waals surface area contributed by atoms with Crippen molar-refractivity contribution in [3.8, 4) is 0 Å². The summed E-state index contributed by atoms with van der Waals surface area (Å²) in [4.78, 5) is 72.9. The fourth-order valence-corrected chi connectivity index (χ4v) is 13.5. The summed E-state index contributed by atoms with van der Waals surface area (Å²) < 4.78 is 68.6. The van der Waals surface area contributed by atoms with Gasteiger partial charge in [-0.3, -0.25) is 37.3 Å². The van der Waals surface area contributed by atoms with Crippen molar-refractivity contribution >= 4 is 39.5 Å². The van der Waals surface area contributed by atoms with Gasteiger partial charge in [0.1, 0.15) is 19.3 Å².